The summed E-state index contributed by atoms with van der Waals surface area (Å²) in [6.45, 7) is 4.46. The molecule has 0 bridgehead atoms. The number of allylic oxidation sites excluding steroid dienone is 25. The molecule has 8 nitrogen and oxygen atoms in total. The Morgan fingerprint density at radius 3 is 1.18 bits per heavy atom. The van der Waals surface area contributed by atoms with E-state index in [1.54, 1.807) is 6.08 Å². The first-order valence-corrected chi connectivity index (χ1v) is 32.8. The molecule has 0 aromatic rings. The molecule has 0 aliphatic heterocycles. The van der Waals surface area contributed by atoms with Crippen LogP contribution in [0.2, 0.25) is 0 Å². The summed E-state index contributed by atoms with van der Waals surface area (Å²) in [5.41, 5.74) is 0. The minimum Gasteiger partial charge on any atom is -0.756 e. The second-order valence-corrected chi connectivity index (χ2v) is 23.1. The van der Waals surface area contributed by atoms with Crippen molar-refractivity contribution in [3.05, 3.63) is 158 Å². The number of amides is 1. The quantitative estimate of drug-likeness (QED) is 0.0272. The lowest BCUT2D eigenvalue weighted by molar-refractivity contribution is -0.870. The number of hydrogen-bond donors (Lipinski definition) is 2. The van der Waals surface area contributed by atoms with Crippen molar-refractivity contribution in [2.45, 2.75) is 238 Å². The number of aliphatic hydroxyl groups excluding tert-OH is 1. The summed E-state index contributed by atoms with van der Waals surface area (Å²) in [5, 5.41) is 13.9. The van der Waals surface area contributed by atoms with Gasteiger partial charge in [0.1, 0.15) is 13.2 Å². The normalized spacial score (nSPS) is 14.9. The molecule has 1 amide bonds. The minimum atomic E-state index is -4.64. The Morgan fingerprint density at radius 1 is 0.456 bits per heavy atom. The number of unbranched alkanes of at least 4 members (excludes halogenated alkanes) is 18. The number of carbonyl (C=O) groups is 1. The molecule has 0 rings (SSSR count). The molecule has 0 heterocycles. The van der Waals surface area contributed by atoms with E-state index in [0.29, 0.717) is 23.9 Å². The molecule has 3 unspecified atom stereocenters. The van der Waals surface area contributed by atoms with Gasteiger partial charge in [0.25, 0.3) is 7.82 Å². The topological polar surface area (TPSA) is 108 Å². The Labute approximate surface area is 486 Å². The van der Waals surface area contributed by atoms with E-state index in [4.69, 9.17) is 9.05 Å². The molecule has 3 atom stereocenters. The van der Waals surface area contributed by atoms with Gasteiger partial charge in [-0.1, -0.05) is 255 Å². The Balaban J connectivity index is 4.38. The molecule has 9 heteroatoms. The molecular formula is C70H117N2O6P. The molecule has 0 aromatic carbocycles. The molecule has 0 fully saturated rings. The van der Waals surface area contributed by atoms with Crippen LogP contribution >= 0.6 is 7.82 Å². The zero-order valence-electron chi connectivity index (χ0n) is 51.0. The van der Waals surface area contributed by atoms with Crippen LogP contribution in [0.15, 0.2) is 158 Å². The van der Waals surface area contributed by atoms with Gasteiger partial charge in [-0.25, -0.2) is 0 Å². The zero-order valence-corrected chi connectivity index (χ0v) is 51.9. The number of rotatable bonds is 55. The summed E-state index contributed by atoms with van der Waals surface area (Å²) in [6, 6.07) is -0.947. The van der Waals surface area contributed by atoms with Crippen molar-refractivity contribution in [2.75, 3.05) is 40.9 Å². The van der Waals surface area contributed by atoms with Gasteiger partial charge in [-0.05, 0) is 122 Å². The number of phosphoric acid groups is 1. The van der Waals surface area contributed by atoms with Crippen molar-refractivity contribution in [2.24, 2.45) is 0 Å². The number of quaternary nitrogens is 1. The van der Waals surface area contributed by atoms with Crippen LogP contribution in [-0.4, -0.2) is 68.5 Å². The van der Waals surface area contributed by atoms with Crippen LogP contribution in [0.5, 0.6) is 0 Å². The Bertz CT molecular complexity index is 1840. The SMILES string of the molecule is CC/C=C\C/C=C\C/C=C\C/C=C\C/C=C\C/C=C\C/C=C\C/C=C\C/C=C\C/C=C\CCCCC(=O)NC(COP(=O)([O-])OCC[N+](C)(C)C)C(O)/C=C/CC/C=C/CC/C=C/CCCCCCCCCCCCCCCC. The second kappa shape index (κ2) is 58.8. The highest BCUT2D eigenvalue weighted by molar-refractivity contribution is 7.45. The van der Waals surface area contributed by atoms with Gasteiger partial charge in [0, 0.05) is 6.42 Å². The highest BCUT2D eigenvalue weighted by Gasteiger charge is 2.23. The van der Waals surface area contributed by atoms with E-state index < -0.39 is 26.6 Å². The Hall–Kier alpha value is -3.88. The van der Waals surface area contributed by atoms with Crippen molar-refractivity contribution < 1.29 is 32.9 Å². The molecule has 0 aliphatic rings. The van der Waals surface area contributed by atoms with Crippen LogP contribution in [0, 0.1) is 0 Å². The number of nitrogens with zero attached hydrogens (tertiary/aromatic N) is 1. The summed E-state index contributed by atoms with van der Waals surface area (Å²) in [4.78, 5) is 25.5. The Morgan fingerprint density at radius 2 is 0.785 bits per heavy atom. The molecule has 79 heavy (non-hydrogen) atoms. The molecule has 448 valence electrons. The van der Waals surface area contributed by atoms with Gasteiger partial charge in [0.05, 0.1) is 39.9 Å². The van der Waals surface area contributed by atoms with Crippen LogP contribution in [0.4, 0.5) is 0 Å². The molecule has 0 radical (unpaired) electrons. The largest absolute Gasteiger partial charge is 0.756 e. The molecule has 2 N–H and O–H groups in total. The van der Waals surface area contributed by atoms with E-state index in [1.807, 2.05) is 27.2 Å². The standard InChI is InChI=1S/C70H117N2O6P/c1-6-8-10-12-14-16-18-20-22-24-26-28-30-32-33-34-35-36-37-38-39-40-42-44-46-48-50-52-54-56-58-60-62-64-70(74)71-68(67-78-79(75,76)77-66-65-72(3,4)5)69(73)63-61-59-57-55-53-51-49-47-45-43-41-31-29-27-25-23-21-19-17-15-13-11-9-7-2/h8,10,14,16,20,22,26,28,32-33,35-36,38-39,42,44-45,47-48,50,53-56,61,63,68-69,73H,6-7,9,11-13,15,17-19,21,23-25,27,29-31,34,37,40-41,43,46,49,51-52,57-60,62,64-67H2,1-5H3,(H-,71,74,75,76)/b10-8-,16-14-,22-20-,28-26-,33-32-,36-35-,39-38-,44-42-,47-45+,50-48-,55-53+,56-54-,63-61+. The maximum Gasteiger partial charge on any atom is 0.268 e. The van der Waals surface area contributed by atoms with Gasteiger partial charge in [-0.3, -0.25) is 9.36 Å². The predicted octanol–water partition coefficient (Wildman–Crippen LogP) is 19.2. The van der Waals surface area contributed by atoms with Crippen molar-refractivity contribution in [1.82, 2.24) is 5.32 Å². The highest BCUT2D eigenvalue weighted by atomic mass is 31.2. The zero-order chi connectivity index (χ0) is 57.7. The fourth-order valence-corrected chi connectivity index (χ4v) is 8.82. The Kier molecular flexibility index (Phi) is 55.9. The van der Waals surface area contributed by atoms with Crippen LogP contribution < -0.4 is 10.2 Å². The lowest BCUT2D eigenvalue weighted by atomic mass is 10.0. The van der Waals surface area contributed by atoms with Crippen molar-refractivity contribution in [1.29, 1.82) is 0 Å². The third-order valence-corrected chi connectivity index (χ3v) is 13.9. The predicted molar refractivity (Wildman–Crippen MR) is 343 cm³/mol. The van der Waals surface area contributed by atoms with Gasteiger partial charge >= 0.3 is 0 Å². The number of nitrogens with one attached hydrogen (secondary N) is 1. The summed E-state index contributed by atoms with van der Waals surface area (Å²) < 4.78 is 23.3. The average Bonchev–Trinajstić information content (AvgIpc) is 3.42. The number of hydrogen-bond acceptors (Lipinski definition) is 6. The number of phosphoric ester groups is 1. The van der Waals surface area contributed by atoms with E-state index >= 15 is 0 Å². The maximum absolute atomic E-state index is 13.0. The van der Waals surface area contributed by atoms with E-state index in [0.717, 1.165) is 96.3 Å². The van der Waals surface area contributed by atoms with Crippen LogP contribution in [0.3, 0.4) is 0 Å². The third kappa shape index (κ3) is 61.6. The van der Waals surface area contributed by atoms with Gasteiger partial charge < -0.3 is 28.8 Å². The average molecular weight is 1110 g/mol. The fourth-order valence-electron chi connectivity index (χ4n) is 8.09. The minimum absolute atomic E-state index is 0.0269. The van der Waals surface area contributed by atoms with E-state index in [9.17, 15) is 19.4 Å². The van der Waals surface area contributed by atoms with Crippen molar-refractivity contribution in [3.63, 3.8) is 0 Å². The first-order chi connectivity index (χ1) is 38.5. The molecule has 0 saturated carbocycles. The van der Waals surface area contributed by atoms with Gasteiger partial charge in [0.15, 0.2) is 0 Å². The number of likely N-dealkylation sites (N-methyl/N-ethyl adjacent to an activating group) is 1. The number of aliphatic hydroxyl groups is 1. The first kappa shape index (κ1) is 75.1. The number of carbonyl (C=O) groups excluding carboxylic acids is 1. The van der Waals surface area contributed by atoms with E-state index in [-0.39, 0.29) is 18.9 Å². The smallest absolute Gasteiger partial charge is 0.268 e. The molecule has 0 spiro atoms. The van der Waals surface area contributed by atoms with Crippen LogP contribution in [-0.2, 0) is 18.4 Å². The first-order valence-electron chi connectivity index (χ1n) is 31.3. The van der Waals surface area contributed by atoms with Gasteiger partial charge in [0.2, 0.25) is 5.91 Å². The van der Waals surface area contributed by atoms with Gasteiger partial charge in [-0.15, -0.1) is 0 Å². The monoisotopic (exact) mass is 1110 g/mol. The summed E-state index contributed by atoms with van der Waals surface area (Å²) in [6.07, 6.45) is 92.0. The van der Waals surface area contributed by atoms with Gasteiger partial charge in [-0.2, -0.15) is 0 Å². The lowest BCUT2D eigenvalue weighted by Crippen LogP contribution is -2.45. The molecule has 0 aliphatic carbocycles. The highest BCUT2D eigenvalue weighted by Crippen LogP contribution is 2.38. The molecule has 0 aromatic heterocycles. The molecule has 0 saturated heterocycles. The lowest BCUT2D eigenvalue weighted by Gasteiger charge is -2.29. The third-order valence-electron chi connectivity index (χ3n) is 12.9. The fraction of sp³-hybridized carbons (Fsp3) is 0.614. The summed E-state index contributed by atoms with van der Waals surface area (Å²) in [7, 11) is 1.18. The maximum atomic E-state index is 13.0. The van der Waals surface area contributed by atoms with E-state index in [1.165, 1.54) is 96.3 Å². The van der Waals surface area contributed by atoms with E-state index in [2.05, 4.69) is 165 Å². The molecular weight excluding hydrogens is 996 g/mol. The summed E-state index contributed by atoms with van der Waals surface area (Å²) >= 11 is 0. The van der Waals surface area contributed by atoms with Crippen LogP contribution in [0.25, 0.3) is 0 Å². The van der Waals surface area contributed by atoms with Crippen molar-refractivity contribution >= 4 is 13.7 Å². The van der Waals surface area contributed by atoms with Crippen LogP contribution in [0.1, 0.15) is 226 Å². The summed E-state index contributed by atoms with van der Waals surface area (Å²) in [5.74, 6) is -0.260. The second-order valence-electron chi connectivity index (χ2n) is 21.7. The van der Waals surface area contributed by atoms with Crippen molar-refractivity contribution in [3.8, 4) is 0 Å².